The number of aliphatic hydroxyl groups is 1. The zero-order chi connectivity index (χ0) is 14.1. The molecule has 0 bridgehead atoms. The predicted octanol–water partition coefficient (Wildman–Crippen LogP) is 1.35. The van der Waals surface area contributed by atoms with Gasteiger partial charge in [-0.25, -0.2) is 0 Å². The third kappa shape index (κ3) is 6.36. The fourth-order valence-corrected chi connectivity index (χ4v) is 1.93. The molecular formula is C15H24N2O2. The Morgan fingerprint density at radius 3 is 2.42 bits per heavy atom. The summed E-state index contributed by atoms with van der Waals surface area (Å²) in [5.74, 6) is 0.156. The Bertz CT molecular complexity index is 366. The van der Waals surface area contributed by atoms with Crippen LogP contribution in [0.5, 0.6) is 0 Å². The van der Waals surface area contributed by atoms with Crippen molar-refractivity contribution in [1.82, 2.24) is 9.80 Å². The smallest absolute Gasteiger partial charge is 0.222 e. The van der Waals surface area contributed by atoms with Crippen LogP contribution in [0.3, 0.4) is 0 Å². The second-order valence-corrected chi connectivity index (χ2v) is 4.88. The van der Waals surface area contributed by atoms with E-state index in [1.54, 1.807) is 19.0 Å². The number of aliphatic hydroxyl groups excluding tert-OH is 1. The van der Waals surface area contributed by atoms with Gasteiger partial charge in [-0.2, -0.15) is 0 Å². The molecule has 4 nitrogen and oxygen atoms in total. The van der Waals surface area contributed by atoms with E-state index in [1.165, 1.54) is 5.56 Å². The lowest BCUT2D eigenvalue weighted by molar-refractivity contribution is -0.128. The van der Waals surface area contributed by atoms with Gasteiger partial charge in [-0.1, -0.05) is 30.3 Å². The predicted molar refractivity (Wildman–Crippen MR) is 76.7 cm³/mol. The fourth-order valence-electron chi connectivity index (χ4n) is 1.93. The molecule has 106 valence electrons. The minimum Gasteiger partial charge on any atom is -0.395 e. The van der Waals surface area contributed by atoms with Crippen LogP contribution in [-0.2, 0) is 11.3 Å². The third-order valence-corrected chi connectivity index (χ3v) is 3.03. The highest BCUT2D eigenvalue weighted by Gasteiger charge is 2.08. The van der Waals surface area contributed by atoms with Gasteiger partial charge >= 0.3 is 0 Å². The van der Waals surface area contributed by atoms with Crippen LogP contribution >= 0.6 is 0 Å². The van der Waals surface area contributed by atoms with E-state index < -0.39 is 0 Å². The van der Waals surface area contributed by atoms with Gasteiger partial charge in [-0.15, -0.1) is 0 Å². The Morgan fingerprint density at radius 1 is 1.16 bits per heavy atom. The van der Waals surface area contributed by atoms with Crippen LogP contribution in [-0.4, -0.2) is 54.6 Å². The standard InChI is InChI=1S/C15H24N2O2/c1-16(2)15(19)9-6-10-17(11-12-18)13-14-7-4-3-5-8-14/h3-5,7-8,18H,6,9-13H2,1-2H3. The molecule has 0 fully saturated rings. The lowest BCUT2D eigenvalue weighted by atomic mass is 10.2. The zero-order valence-corrected chi connectivity index (χ0v) is 11.9. The molecule has 0 atom stereocenters. The molecule has 0 unspecified atom stereocenters. The first-order valence-electron chi connectivity index (χ1n) is 6.70. The first kappa shape index (κ1) is 15.7. The average Bonchev–Trinajstić information content (AvgIpc) is 2.39. The van der Waals surface area contributed by atoms with Crippen molar-refractivity contribution in [3.05, 3.63) is 35.9 Å². The molecular weight excluding hydrogens is 240 g/mol. The molecule has 4 heteroatoms. The van der Waals surface area contributed by atoms with Crippen molar-refractivity contribution >= 4 is 5.91 Å². The van der Waals surface area contributed by atoms with Gasteiger partial charge in [-0.05, 0) is 18.5 Å². The number of benzene rings is 1. The first-order chi connectivity index (χ1) is 9.13. The lowest BCUT2D eigenvalue weighted by Crippen LogP contribution is -2.29. The summed E-state index contributed by atoms with van der Waals surface area (Å²) in [5.41, 5.74) is 1.23. The van der Waals surface area contributed by atoms with Crippen molar-refractivity contribution in [1.29, 1.82) is 0 Å². The van der Waals surface area contributed by atoms with Gasteiger partial charge in [0.15, 0.2) is 0 Å². The van der Waals surface area contributed by atoms with Crippen LogP contribution in [0.1, 0.15) is 18.4 Å². The molecule has 1 rings (SSSR count). The maximum Gasteiger partial charge on any atom is 0.222 e. The molecule has 0 aliphatic carbocycles. The second kappa shape index (κ2) is 8.67. The van der Waals surface area contributed by atoms with Crippen molar-refractivity contribution in [2.75, 3.05) is 33.8 Å². The van der Waals surface area contributed by atoms with Crippen molar-refractivity contribution in [3.8, 4) is 0 Å². The molecule has 1 amide bonds. The molecule has 0 heterocycles. The van der Waals surface area contributed by atoms with Gasteiger partial charge in [-0.3, -0.25) is 9.69 Å². The topological polar surface area (TPSA) is 43.8 Å². The van der Waals surface area contributed by atoms with Crippen LogP contribution in [0.2, 0.25) is 0 Å². The molecule has 0 radical (unpaired) electrons. The van der Waals surface area contributed by atoms with Gasteiger partial charge in [0, 0.05) is 33.6 Å². The molecule has 19 heavy (non-hydrogen) atoms. The minimum absolute atomic E-state index is 0.147. The van der Waals surface area contributed by atoms with Crippen molar-refractivity contribution in [3.63, 3.8) is 0 Å². The van der Waals surface area contributed by atoms with Crippen molar-refractivity contribution in [2.24, 2.45) is 0 Å². The van der Waals surface area contributed by atoms with E-state index in [4.69, 9.17) is 5.11 Å². The van der Waals surface area contributed by atoms with E-state index in [-0.39, 0.29) is 12.5 Å². The fraction of sp³-hybridized carbons (Fsp3) is 0.533. The number of hydrogen-bond donors (Lipinski definition) is 1. The number of carbonyl (C=O) groups is 1. The van der Waals surface area contributed by atoms with Crippen molar-refractivity contribution in [2.45, 2.75) is 19.4 Å². The summed E-state index contributed by atoms with van der Waals surface area (Å²) in [4.78, 5) is 15.3. The van der Waals surface area contributed by atoms with Crippen LogP contribution in [0, 0.1) is 0 Å². The number of nitrogens with zero attached hydrogens (tertiary/aromatic N) is 2. The summed E-state index contributed by atoms with van der Waals surface area (Å²) < 4.78 is 0. The SMILES string of the molecule is CN(C)C(=O)CCCN(CCO)Cc1ccccc1. The Labute approximate surface area is 115 Å². The molecule has 0 aliphatic heterocycles. The molecule has 0 aromatic heterocycles. The van der Waals surface area contributed by atoms with Gasteiger partial charge in [0.2, 0.25) is 5.91 Å². The highest BCUT2D eigenvalue weighted by molar-refractivity contribution is 5.75. The van der Waals surface area contributed by atoms with Gasteiger partial charge < -0.3 is 10.0 Å². The number of rotatable bonds is 8. The van der Waals surface area contributed by atoms with Crippen LogP contribution < -0.4 is 0 Å². The van der Waals surface area contributed by atoms with Crippen LogP contribution in [0.4, 0.5) is 0 Å². The third-order valence-electron chi connectivity index (χ3n) is 3.03. The van der Waals surface area contributed by atoms with E-state index in [0.717, 1.165) is 19.5 Å². The van der Waals surface area contributed by atoms with E-state index in [2.05, 4.69) is 17.0 Å². The zero-order valence-electron chi connectivity index (χ0n) is 11.9. The van der Waals surface area contributed by atoms with Crippen molar-refractivity contribution < 1.29 is 9.90 Å². The maximum absolute atomic E-state index is 11.5. The molecule has 1 aromatic carbocycles. The molecule has 0 aliphatic rings. The Kier molecular flexibility index (Phi) is 7.15. The summed E-state index contributed by atoms with van der Waals surface area (Å²) in [6, 6.07) is 10.2. The summed E-state index contributed by atoms with van der Waals surface area (Å²) in [6.07, 6.45) is 1.38. The molecule has 0 saturated carbocycles. The van der Waals surface area contributed by atoms with Gasteiger partial charge in [0.1, 0.15) is 0 Å². The first-order valence-corrected chi connectivity index (χ1v) is 6.70. The van der Waals surface area contributed by atoms with Gasteiger partial charge in [0.25, 0.3) is 0 Å². The van der Waals surface area contributed by atoms with Gasteiger partial charge in [0.05, 0.1) is 6.61 Å². The Morgan fingerprint density at radius 2 is 1.84 bits per heavy atom. The molecule has 0 spiro atoms. The van der Waals surface area contributed by atoms with Crippen LogP contribution in [0.15, 0.2) is 30.3 Å². The van der Waals surface area contributed by atoms with E-state index in [1.807, 2.05) is 18.2 Å². The summed E-state index contributed by atoms with van der Waals surface area (Å²) in [5, 5.41) is 9.09. The van der Waals surface area contributed by atoms with Crippen LogP contribution in [0.25, 0.3) is 0 Å². The number of carbonyl (C=O) groups excluding carboxylic acids is 1. The summed E-state index contributed by atoms with van der Waals surface area (Å²) in [7, 11) is 3.55. The highest BCUT2D eigenvalue weighted by atomic mass is 16.3. The minimum atomic E-state index is 0.147. The monoisotopic (exact) mass is 264 g/mol. The number of amides is 1. The van der Waals surface area contributed by atoms with E-state index in [9.17, 15) is 4.79 Å². The summed E-state index contributed by atoms with van der Waals surface area (Å²) in [6.45, 7) is 2.44. The summed E-state index contributed by atoms with van der Waals surface area (Å²) >= 11 is 0. The quantitative estimate of drug-likeness (QED) is 0.771. The molecule has 0 saturated heterocycles. The average molecular weight is 264 g/mol. The maximum atomic E-state index is 11.5. The second-order valence-electron chi connectivity index (χ2n) is 4.88. The normalized spacial score (nSPS) is 10.7. The largest absolute Gasteiger partial charge is 0.395 e. The Balaban J connectivity index is 2.38. The van der Waals surface area contributed by atoms with E-state index >= 15 is 0 Å². The van der Waals surface area contributed by atoms with E-state index in [0.29, 0.717) is 13.0 Å². The lowest BCUT2D eigenvalue weighted by Gasteiger charge is -2.21. The highest BCUT2D eigenvalue weighted by Crippen LogP contribution is 2.06. The Hall–Kier alpha value is -1.39. The molecule has 1 N–H and O–H groups in total. The molecule has 1 aromatic rings. The number of hydrogen-bond acceptors (Lipinski definition) is 3.